The molecule has 16 heavy (non-hydrogen) atoms. The lowest BCUT2D eigenvalue weighted by Crippen LogP contribution is -2.44. The molecule has 1 aromatic rings. The molecule has 2 rings (SSSR count). The van der Waals surface area contributed by atoms with Crippen molar-refractivity contribution in [3.63, 3.8) is 0 Å². The van der Waals surface area contributed by atoms with E-state index in [1.165, 1.54) is 11.1 Å². The molecule has 0 spiro atoms. The molecule has 0 aromatic heterocycles. The summed E-state index contributed by atoms with van der Waals surface area (Å²) in [5.41, 5.74) is 2.72. The number of aryl methyl sites for hydroxylation is 1. The standard InChI is InChI=1S/C14H21NO/c1-11-4-6-14(7-5-11)10-15-8-12(2)16-13(3)9-15/h4-7,12-13H,8-10H2,1-3H3. The first-order chi connectivity index (χ1) is 7.63. The second-order valence-corrected chi connectivity index (χ2v) is 4.94. The minimum atomic E-state index is 0.356. The average Bonchev–Trinajstić information content (AvgIpc) is 2.20. The zero-order valence-electron chi connectivity index (χ0n) is 10.4. The van der Waals surface area contributed by atoms with Crippen molar-refractivity contribution >= 4 is 0 Å². The van der Waals surface area contributed by atoms with Crippen LogP contribution >= 0.6 is 0 Å². The fourth-order valence-electron chi connectivity index (χ4n) is 2.37. The van der Waals surface area contributed by atoms with Crippen molar-refractivity contribution < 1.29 is 4.74 Å². The maximum atomic E-state index is 5.73. The van der Waals surface area contributed by atoms with Gasteiger partial charge in [-0.1, -0.05) is 29.8 Å². The average molecular weight is 219 g/mol. The van der Waals surface area contributed by atoms with Crippen LogP contribution < -0.4 is 0 Å². The highest BCUT2D eigenvalue weighted by Crippen LogP contribution is 2.14. The van der Waals surface area contributed by atoms with Gasteiger partial charge < -0.3 is 4.74 Å². The summed E-state index contributed by atoms with van der Waals surface area (Å²) in [6.07, 6.45) is 0.711. The summed E-state index contributed by atoms with van der Waals surface area (Å²) >= 11 is 0. The van der Waals surface area contributed by atoms with E-state index in [0.717, 1.165) is 19.6 Å². The molecule has 1 saturated heterocycles. The Morgan fingerprint density at radius 3 is 2.25 bits per heavy atom. The van der Waals surface area contributed by atoms with Gasteiger partial charge in [0.15, 0.2) is 0 Å². The fourth-order valence-corrected chi connectivity index (χ4v) is 2.37. The van der Waals surface area contributed by atoms with Crippen LogP contribution in [-0.4, -0.2) is 30.2 Å². The van der Waals surface area contributed by atoms with Crippen molar-refractivity contribution in [2.24, 2.45) is 0 Å². The Hall–Kier alpha value is -0.860. The van der Waals surface area contributed by atoms with Gasteiger partial charge in [0.1, 0.15) is 0 Å². The molecule has 1 heterocycles. The molecular formula is C14H21NO. The van der Waals surface area contributed by atoms with Crippen LogP contribution in [0, 0.1) is 6.92 Å². The first kappa shape index (κ1) is 11.6. The molecule has 1 aliphatic rings. The molecule has 2 nitrogen and oxygen atoms in total. The second kappa shape index (κ2) is 4.98. The summed E-state index contributed by atoms with van der Waals surface area (Å²) in [7, 11) is 0. The number of rotatable bonds is 2. The monoisotopic (exact) mass is 219 g/mol. The third-order valence-electron chi connectivity index (χ3n) is 3.02. The molecule has 2 heteroatoms. The molecule has 0 amide bonds. The van der Waals surface area contributed by atoms with E-state index < -0.39 is 0 Å². The Kier molecular flexibility index (Phi) is 3.62. The summed E-state index contributed by atoms with van der Waals surface area (Å²) in [5, 5.41) is 0. The Bertz CT molecular complexity index is 323. The summed E-state index contributed by atoms with van der Waals surface area (Å²) in [6.45, 7) is 9.55. The normalized spacial score (nSPS) is 26.9. The maximum absolute atomic E-state index is 5.73. The van der Waals surface area contributed by atoms with Crippen LogP contribution in [0.2, 0.25) is 0 Å². The summed E-state index contributed by atoms with van der Waals surface area (Å²) in [5.74, 6) is 0. The van der Waals surface area contributed by atoms with Gasteiger partial charge >= 0.3 is 0 Å². The predicted molar refractivity (Wildman–Crippen MR) is 66.5 cm³/mol. The smallest absolute Gasteiger partial charge is 0.0678 e. The van der Waals surface area contributed by atoms with Gasteiger partial charge in [-0.3, -0.25) is 4.90 Å². The van der Waals surface area contributed by atoms with Crippen molar-refractivity contribution in [1.82, 2.24) is 4.90 Å². The third-order valence-corrected chi connectivity index (χ3v) is 3.02. The quantitative estimate of drug-likeness (QED) is 0.758. The molecule has 2 unspecified atom stereocenters. The van der Waals surface area contributed by atoms with Gasteiger partial charge in [-0.15, -0.1) is 0 Å². The SMILES string of the molecule is Cc1ccc(CN2CC(C)OC(C)C2)cc1. The number of benzene rings is 1. The van der Waals surface area contributed by atoms with Crippen molar-refractivity contribution in [3.05, 3.63) is 35.4 Å². The molecule has 2 atom stereocenters. The first-order valence-electron chi connectivity index (χ1n) is 6.07. The minimum absolute atomic E-state index is 0.356. The summed E-state index contributed by atoms with van der Waals surface area (Å²) < 4.78 is 5.73. The van der Waals surface area contributed by atoms with Crippen molar-refractivity contribution in [1.29, 1.82) is 0 Å². The summed E-state index contributed by atoms with van der Waals surface area (Å²) in [4.78, 5) is 2.48. The summed E-state index contributed by atoms with van der Waals surface area (Å²) in [6, 6.07) is 8.81. The Balaban J connectivity index is 1.96. The van der Waals surface area contributed by atoms with Crippen molar-refractivity contribution in [3.8, 4) is 0 Å². The number of hydrogen-bond acceptors (Lipinski definition) is 2. The maximum Gasteiger partial charge on any atom is 0.0678 e. The Labute approximate surface area is 98.2 Å². The van der Waals surface area contributed by atoms with E-state index in [-0.39, 0.29) is 0 Å². The molecule has 0 bridgehead atoms. The van der Waals surface area contributed by atoms with Crippen LogP contribution in [0.25, 0.3) is 0 Å². The van der Waals surface area contributed by atoms with Crippen LogP contribution in [0.3, 0.4) is 0 Å². The van der Waals surface area contributed by atoms with Gasteiger partial charge in [-0.05, 0) is 26.3 Å². The minimum Gasteiger partial charge on any atom is -0.373 e. The lowest BCUT2D eigenvalue weighted by atomic mass is 10.1. The molecule has 88 valence electrons. The van der Waals surface area contributed by atoms with Crippen LogP contribution in [0.1, 0.15) is 25.0 Å². The number of nitrogens with zero attached hydrogens (tertiary/aromatic N) is 1. The van der Waals surface area contributed by atoms with E-state index >= 15 is 0 Å². The van der Waals surface area contributed by atoms with Crippen LogP contribution in [-0.2, 0) is 11.3 Å². The lowest BCUT2D eigenvalue weighted by molar-refractivity contribution is -0.0704. The van der Waals surface area contributed by atoms with Gasteiger partial charge in [0, 0.05) is 19.6 Å². The Morgan fingerprint density at radius 2 is 1.69 bits per heavy atom. The van der Waals surface area contributed by atoms with Crippen molar-refractivity contribution in [2.75, 3.05) is 13.1 Å². The zero-order chi connectivity index (χ0) is 11.5. The molecular weight excluding hydrogens is 198 g/mol. The highest BCUT2D eigenvalue weighted by atomic mass is 16.5. The first-order valence-corrected chi connectivity index (χ1v) is 6.07. The molecule has 1 fully saturated rings. The van der Waals surface area contributed by atoms with Crippen LogP contribution in [0.15, 0.2) is 24.3 Å². The van der Waals surface area contributed by atoms with Gasteiger partial charge in [-0.25, -0.2) is 0 Å². The molecule has 0 saturated carbocycles. The number of morpholine rings is 1. The van der Waals surface area contributed by atoms with Gasteiger partial charge in [-0.2, -0.15) is 0 Å². The van der Waals surface area contributed by atoms with Gasteiger partial charge in [0.2, 0.25) is 0 Å². The lowest BCUT2D eigenvalue weighted by Gasteiger charge is -2.35. The molecule has 0 aliphatic carbocycles. The van der Waals surface area contributed by atoms with E-state index in [1.807, 2.05) is 0 Å². The van der Waals surface area contributed by atoms with E-state index in [4.69, 9.17) is 4.74 Å². The predicted octanol–water partition coefficient (Wildman–Crippen LogP) is 2.60. The zero-order valence-corrected chi connectivity index (χ0v) is 10.4. The van der Waals surface area contributed by atoms with E-state index in [1.54, 1.807) is 0 Å². The highest BCUT2D eigenvalue weighted by molar-refractivity contribution is 5.21. The van der Waals surface area contributed by atoms with Gasteiger partial charge in [0.05, 0.1) is 12.2 Å². The van der Waals surface area contributed by atoms with E-state index in [9.17, 15) is 0 Å². The number of hydrogen-bond donors (Lipinski definition) is 0. The van der Waals surface area contributed by atoms with E-state index in [2.05, 4.69) is 49.9 Å². The topological polar surface area (TPSA) is 12.5 Å². The van der Waals surface area contributed by atoms with Crippen molar-refractivity contribution in [2.45, 2.75) is 39.5 Å². The number of ether oxygens (including phenoxy) is 1. The fraction of sp³-hybridized carbons (Fsp3) is 0.571. The molecule has 1 aromatic carbocycles. The van der Waals surface area contributed by atoms with Crippen LogP contribution in [0.5, 0.6) is 0 Å². The molecule has 0 N–H and O–H groups in total. The second-order valence-electron chi connectivity index (χ2n) is 4.94. The third kappa shape index (κ3) is 3.06. The molecule has 0 radical (unpaired) electrons. The van der Waals surface area contributed by atoms with Crippen LogP contribution in [0.4, 0.5) is 0 Å². The largest absolute Gasteiger partial charge is 0.373 e. The highest BCUT2D eigenvalue weighted by Gasteiger charge is 2.21. The molecule has 1 aliphatic heterocycles. The van der Waals surface area contributed by atoms with E-state index in [0.29, 0.717) is 12.2 Å². The Morgan fingerprint density at radius 1 is 1.12 bits per heavy atom. The van der Waals surface area contributed by atoms with Gasteiger partial charge in [0.25, 0.3) is 0 Å².